The number of aromatic nitrogens is 5. The number of piperidine rings is 1. The van der Waals surface area contributed by atoms with Crippen LogP contribution in [0, 0.1) is 6.92 Å². The Morgan fingerprint density at radius 1 is 1.38 bits per heavy atom. The molecule has 1 fully saturated rings. The number of rotatable bonds is 3. The van der Waals surface area contributed by atoms with Crippen LogP contribution >= 0.6 is 11.3 Å². The van der Waals surface area contributed by atoms with Crippen LogP contribution in [0.1, 0.15) is 25.0 Å². The highest BCUT2D eigenvalue weighted by Gasteiger charge is 2.26. The van der Waals surface area contributed by atoms with Crippen molar-refractivity contribution in [2.75, 3.05) is 11.4 Å². The van der Waals surface area contributed by atoms with E-state index in [0.29, 0.717) is 6.04 Å². The molecule has 4 heterocycles. The number of aryl methyl sites for hydroxylation is 1. The van der Waals surface area contributed by atoms with E-state index in [1.807, 2.05) is 40.8 Å². The number of anilines is 1. The molecule has 3 aromatic rings. The Morgan fingerprint density at radius 3 is 3.14 bits per heavy atom. The van der Waals surface area contributed by atoms with Crippen molar-refractivity contribution in [2.24, 2.45) is 0 Å². The summed E-state index contributed by atoms with van der Waals surface area (Å²) in [7, 11) is 0. The van der Waals surface area contributed by atoms with Gasteiger partial charge >= 0.3 is 0 Å². The van der Waals surface area contributed by atoms with E-state index >= 15 is 0 Å². The van der Waals surface area contributed by atoms with Gasteiger partial charge in [0.2, 0.25) is 10.1 Å². The van der Waals surface area contributed by atoms with Crippen LogP contribution in [0.15, 0.2) is 24.7 Å². The molecular formula is C14H18N6S. The summed E-state index contributed by atoms with van der Waals surface area (Å²) in [5, 5.41) is 10.1. The van der Waals surface area contributed by atoms with E-state index in [1.54, 1.807) is 11.3 Å². The number of hydrogen-bond donors (Lipinski definition) is 0. The molecule has 0 saturated carbocycles. The van der Waals surface area contributed by atoms with Gasteiger partial charge in [-0.2, -0.15) is 5.10 Å². The molecule has 0 unspecified atom stereocenters. The molecule has 7 heteroatoms. The third-order valence-electron chi connectivity index (χ3n) is 3.98. The molecule has 4 rings (SSSR count). The van der Waals surface area contributed by atoms with Crippen molar-refractivity contribution in [3.05, 3.63) is 30.4 Å². The van der Waals surface area contributed by atoms with E-state index in [9.17, 15) is 0 Å². The minimum Gasteiger partial charge on any atom is -0.342 e. The first-order valence-corrected chi connectivity index (χ1v) is 8.18. The van der Waals surface area contributed by atoms with Crippen LogP contribution < -0.4 is 4.90 Å². The molecule has 110 valence electrons. The standard InChI is InChI=1S/C14H18N6S/c1-11-9-20-13(16-11)21-14(17-20)19-8-3-2-5-12(19)10-18-7-4-6-15-18/h4,6-7,9,12H,2-3,5,8,10H2,1H3/t12-/m0/s1. The van der Waals surface area contributed by atoms with Gasteiger partial charge in [-0.15, -0.1) is 5.10 Å². The SMILES string of the molecule is Cc1cn2nc(N3CCCC[C@H]3Cn3cccn3)sc2n1. The Balaban J connectivity index is 1.61. The van der Waals surface area contributed by atoms with Gasteiger partial charge in [-0.05, 0) is 32.3 Å². The zero-order valence-corrected chi connectivity index (χ0v) is 12.8. The highest BCUT2D eigenvalue weighted by atomic mass is 32.1. The van der Waals surface area contributed by atoms with Crippen molar-refractivity contribution >= 4 is 21.4 Å². The van der Waals surface area contributed by atoms with E-state index in [4.69, 9.17) is 5.10 Å². The second-order valence-electron chi connectivity index (χ2n) is 5.57. The third kappa shape index (κ3) is 2.42. The number of nitrogens with zero attached hydrogens (tertiary/aromatic N) is 6. The van der Waals surface area contributed by atoms with Gasteiger partial charge in [-0.3, -0.25) is 4.68 Å². The third-order valence-corrected chi connectivity index (χ3v) is 4.94. The zero-order valence-electron chi connectivity index (χ0n) is 12.0. The summed E-state index contributed by atoms with van der Waals surface area (Å²) in [5.74, 6) is 0. The number of fused-ring (bicyclic) bond motifs is 1. The summed E-state index contributed by atoms with van der Waals surface area (Å²) in [5.41, 5.74) is 1.02. The maximum atomic E-state index is 4.71. The number of imidazole rings is 1. The fourth-order valence-electron chi connectivity index (χ4n) is 2.98. The van der Waals surface area contributed by atoms with E-state index in [0.717, 1.165) is 28.9 Å². The van der Waals surface area contributed by atoms with E-state index in [-0.39, 0.29) is 0 Å². The average Bonchev–Trinajstić information content (AvgIpc) is 3.15. The molecule has 0 amide bonds. The van der Waals surface area contributed by atoms with Gasteiger partial charge in [0.05, 0.1) is 24.5 Å². The Hall–Kier alpha value is -1.89. The van der Waals surface area contributed by atoms with Crippen molar-refractivity contribution in [2.45, 2.75) is 38.8 Å². The summed E-state index contributed by atoms with van der Waals surface area (Å²) in [6, 6.07) is 2.45. The molecule has 1 aliphatic heterocycles. The number of hydrogen-bond acceptors (Lipinski definition) is 5. The molecule has 0 aliphatic carbocycles. The molecule has 0 aromatic carbocycles. The van der Waals surface area contributed by atoms with Crippen molar-refractivity contribution in [3.63, 3.8) is 0 Å². The van der Waals surface area contributed by atoms with Crippen molar-refractivity contribution in [1.82, 2.24) is 24.4 Å². The highest BCUT2D eigenvalue weighted by Crippen LogP contribution is 2.29. The molecule has 0 spiro atoms. The Labute approximate surface area is 127 Å². The van der Waals surface area contributed by atoms with Crippen LogP contribution in [-0.4, -0.2) is 37.0 Å². The van der Waals surface area contributed by atoms with Gasteiger partial charge in [-0.1, -0.05) is 11.3 Å². The van der Waals surface area contributed by atoms with Gasteiger partial charge in [0.1, 0.15) is 0 Å². The first-order chi connectivity index (χ1) is 10.3. The highest BCUT2D eigenvalue weighted by molar-refractivity contribution is 7.20. The van der Waals surface area contributed by atoms with E-state index in [2.05, 4.69) is 15.0 Å². The van der Waals surface area contributed by atoms with Gasteiger partial charge < -0.3 is 4.90 Å². The summed E-state index contributed by atoms with van der Waals surface area (Å²) in [4.78, 5) is 7.91. The molecule has 1 atom stereocenters. The maximum absolute atomic E-state index is 4.71. The van der Waals surface area contributed by atoms with Crippen molar-refractivity contribution < 1.29 is 0 Å². The lowest BCUT2D eigenvalue weighted by Gasteiger charge is -2.35. The largest absolute Gasteiger partial charge is 0.342 e. The molecule has 3 aromatic heterocycles. The molecule has 0 radical (unpaired) electrons. The lowest BCUT2D eigenvalue weighted by atomic mass is 10.0. The van der Waals surface area contributed by atoms with Crippen LogP contribution in [0.2, 0.25) is 0 Å². The monoisotopic (exact) mass is 302 g/mol. The summed E-state index contributed by atoms with van der Waals surface area (Å²) < 4.78 is 3.92. The smallest absolute Gasteiger partial charge is 0.214 e. The lowest BCUT2D eigenvalue weighted by molar-refractivity contribution is 0.397. The van der Waals surface area contributed by atoms with Gasteiger partial charge in [-0.25, -0.2) is 9.50 Å². The molecule has 6 nitrogen and oxygen atoms in total. The van der Waals surface area contributed by atoms with Crippen LogP contribution in [0.4, 0.5) is 5.13 Å². The quantitative estimate of drug-likeness (QED) is 0.745. The molecular weight excluding hydrogens is 284 g/mol. The van der Waals surface area contributed by atoms with Gasteiger partial charge in [0, 0.05) is 18.9 Å². The first-order valence-electron chi connectivity index (χ1n) is 7.36. The summed E-state index contributed by atoms with van der Waals surface area (Å²) in [6.07, 6.45) is 9.57. The minimum absolute atomic E-state index is 0.468. The van der Waals surface area contributed by atoms with Crippen LogP contribution in [0.25, 0.3) is 4.96 Å². The molecule has 0 bridgehead atoms. The predicted octanol–water partition coefficient (Wildman–Crippen LogP) is 2.35. The van der Waals surface area contributed by atoms with Crippen LogP contribution in [-0.2, 0) is 6.54 Å². The second kappa shape index (κ2) is 5.14. The average molecular weight is 302 g/mol. The molecule has 1 aliphatic rings. The van der Waals surface area contributed by atoms with Crippen molar-refractivity contribution in [1.29, 1.82) is 0 Å². The fraction of sp³-hybridized carbons (Fsp3) is 0.500. The Morgan fingerprint density at radius 2 is 2.33 bits per heavy atom. The minimum atomic E-state index is 0.468. The topological polar surface area (TPSA) is 51.2 Å². The van der Waals surface area contributed by atoms with Gasteiger partial charge in [0.25, 0.3) is 0 Å². The molecule has 0 N–H and O–H groups in total. The van der Waals surface area contributed by atoms with E-state index in [1.165, 1.54) is 19.3 Å². The Kier molecular flexibility index (Phi) is 3.14. The maximum Gasteiger partial charge on any atom is 0.214 e. The van der Waals surface area contributed by atoms with Crippen LogP contribution in [0.5, 0.6) is 0 Å². The zero-order chi connectivity index (χ0) is 14.2. The van der Waals surface area contributed by atoms with Crippen molar-refractivity contribution in [3.8, 4) is 0 Å². The molecule has 1 saturated heterocycles. The summed E-state index contributed by atoms with van der Waals surface area (Å²) in [6.45, 7) is 4.00. The fourth-order valence-corrected chi connectivity index (χ4v) is 4.01. The van der Waals surface area contributed by atoms with Crippen LogP contribution in [0.3, 0.4) is 0 Å². The van der Waals surface area contributed by atoms with E-state index < -0.39 is 0 Å². The summed E-state index contributed by atoms with van der Waals surface area (Å²) >= 11 is 1.68. The molecule has 21 heavy (non-hydrogen) atoms. The normalized spacial score (nSPS) is 19.5. The predicted molar refractivity (Wildman–Crippen MR) is 82.8 cm³/mol. The second-order valence-corrected chi connectivity index (χ2v) is 6.50. The Bertz CT molecular complexity index is 696. The van der Waals surface area contributed by atoms with Gasteiger partial charge in [0.15, 0.2) is 0 Å². The lowest BCUT2D eigenvalue weighted by Crippen LogP contribution is -2.42. The first kappa shape index (κ1) is 12.8.